The van der Waals surface area contributed by atoms with Crippen LogP contribution in [0, 0.1) is 20.2 Å². The molecule has 1 aliphatic heterocycles. The summed E-state index contributed by atoms with van der Waals surface area (Å²) < 4.78 is 22.3. The van der Waals surface area contributed by atoms with E-state index in [1.54, 1.807) is 48.5 Å². The van der Waals surface area contributed by atoms with Crippen molar-refractivity contribution in [1.29, 1.82) is 0 Å². The van der Waals surface area contributed by atoms with E-state index in [9.17, 15) is 29.8 Å². The molecule has 4 aromatic rings. The molecule has 0 radical (unpaired) electrons. The molecule has 49 heavy (non-hydrogen) atoms. The van der Waals surface area contributed by atoms with Gasteiger partial charge in [0.2, 0.25) is 0 Å². The average Bonchev–Trinajstić information content (AvgIpc) is 3.27. The normalized spacial score (nSPS) is 11.8. The van der Waals surface area contributed by atoms with E-state index in [1.165, 1.54) is 23.9 Å². The number of esters is 2. The standard InChI is InChI=1S/C36H34N2O10S/c1-3-5-15-45-27-11-7-23(8-12-27)35(39)47-29-17-25-21-49-22-26-18-30(20-32(38(43)44)34(26)33(25)31(19-29)37(41)42)48-36(40)24-9-13-28(14-10-24)46-16-6-4-2/h7-14,17-20H,3-6,15-16,21-22H2,1-2H3. The first-order chi connectivity index (χ1) is 23.7. The molecule has 1 aliphatic rings. The highest BCUT2D eigenvalue weighted by Crippen LogP contribution is 2.48. The topological polar surface area (TPSA) is 157 Å². The van der Waals surface area contributed by atoms with Gasteiger partial charge in [0, 0.05) is 11.5 Å². The van der Waals surface area contributed by atoms with E-state index in [0.717, 1.165) is 37.8 Å². The monoisotopic (exact) mass is 686 g/mol. The molecule has 0 bridgehead atoms. The van der Waals surface area contributed by atoms with Crippen molar-refractivity contribution in [2.24, 2.45) is 0 Å². The molecule has 5 rings (SSSR count). The van der Waals surface area contributed by atoms with Crippen LogP contribution in [0.3, 0.4) is 0 Å². The van der Waals surface area contributed by atoms with Gasteiger partial charge < -0.3 is 18.9 Å². The molecule has 12 nitrogen and oxygen atoms in total. The maximum absolute atomic E-state index is 13.0. The summed E-state index contributed by atoms with van der Waals surface area (Å²) in [5.74, 6) is 0.0678. The molecule has 0 fully saturated rings. The lowest BCUT2D eigenvalue weighted by atomic mass is 9.93. The molecule has 0 unspecified atom stereocenters. The van der Waals surface area contributed by atoms with E-state index in [1.807, 2.05) is 0 Å². The summed E-state index contributed by atoms with van der Waals surface area (Å²) in [4.78, 5) is 49.4. The predicted molar refractivity (Wildman–Crippen MR) is 184 cm³/mol. The smallest absolute Gasteiger partial charge is 0.343 e. The molecule has 0 aromatic heterocycles. The number of fused-ring (bicyclic) bond motifs is 3. The number of nitro benzene ring substituents is 2. The summed E-state index contributed by atoms with van der Waals surface area (Å²) in [6.45, 7) is 5.20. The van der Waals surface area contributed by atoms with Crippen LogP contribution in [0.15, 0.2) is 72.8 Å². The molecule has 4 aromatic carbocycles. The number of carbonyl (C=O) groups excluding carboxylic acids is 2. The molecule has 13 heteroatoms. The first-order valence-corrected chi connectivity index (χ1v) is 16.9. The molecule has 0 aliphatic carbocycles. The van der Waals surface area contributed by atoms with Crippen LogP contribution in [0.1, 0.15) is 71.4 Å². The Morgan fingerprint density at radius 1 is 0.633 bits per heavy atom. The van der Waals surface area contributed by atoms with E-state index in [4.69, 9.17) is 18.9 Å². The number of nitrogens with zero attached hydrogens (tertiary/aromatic N) is 2. The maximum Gasteiger partial charge on any atom is 0.343 e. The van der Waals surface area contributed by atoms with Crippen molar-refractivity contribution in [2.45, 2.75) is 51.0 Å². The third-order valence-corrected chi connectivity index (χ3v) is 8.67. The Morgan fingerprint density at radius 2 is 1.02 bits per heavy atom. The number of rotatable bonds is 14. The first kappa shape index (κ1) is 34.9. The lowest BCUT2D eigenvalue weighted by Gasteiger charge is -2.14. The fourth-order valence-corrected chi connectivity index (χ4v) is 6.17. The number of unbranched alkanes of at least 4 members (excludes halogenated alkanes) is 2. The molecule has 1 heterocycles. The number of hydrogen-bond acceptors (Lipinski definition) is 11. The summed E-state index contributed by atoms with van der Waals surface area (Å²) in [6, 6.07) is 17.9. The van der Waals surface area contributed by atoms with Crippen LogP contribution in [0.4, 0.5) is 11.4 Å². The zero-order chi connectivity index (χ0) is 34.9. The molecule has 0 saturated heterocycles. The van der Waals surface area contributed by atoms with Gasteiger partial charge in [-0.25, -0.2) is 9.59 Å². The van der Waals surface area contributed by atoms with Crippen LogP contribution in [0.5, 0.6) is 23.0 Å². The molecule has 0 saturated carbocycles. The van der Waals surface area contributed by atoms with Crippen LogP contribution in [-0.2, 0) is 11.5 Å². The minimum Gasteiger partial charge on any atom is -0.494 e. The van der Waals surface area contributed by atoms with E-state index in [0.29, 0.717) is 35.8 Å². The number of thioether (sulfide) groups is 1. The van der Waals surface area contributed by atoms with Crippen LogP contribution in [0.25, 0.3) is 11.1 Å². The highest BCUT2D eigenvalue weighted by Gasteiger charge is 2.33. The summed E-state index contributed by atoms with van der Waals surface area (Å²) in [6.07, 6.45) is 3.76. The van der Waals surface area contributed by atoms with Crippen molar-refractivity contribution in [3.63, 3.8) is 0 Å². The SMILES string of the molecule is CCCCOc1ccc(C(=O)Oc2cc3c(c([N+](=O)[O-])c2)-c2c(cc(OC(=O)c4ccc(OCCCC)cc4)cc2[N+](=O)[O-])CSC3)cc1. The minimum absolute atomic E-state index is 0.0432. The first-order valence-electron chi connectivity index (χ1n) is 15.8. The van der Waals surface area contributed by atoms with Crippen LogP contribution >= 0.6 is 11.8 Å². The highest BCUT2D eigenvalue weighted by molar-refractivity contribution is 7.97. The van der Waals surface area contributed by atoms with E-state index < -0.39 is 33.2 Å². The summed E-state index contributed by atoms with van der Waals surface area (Å²) >= 11 is 1.36. The van der Waals surface area contributed by atoms with Crippen molar-refractivity contribution >= 4 is 35.1 Å². The third kappa shape index (κ3) is 8.54. The number of benzene rings is 4. The van der Waals surface area contributed by atoms with Gasteiger partial charge in [0.05, 0.1) is 57.4 Å². The van der Waals surface area contributed by atoms with E-state index in [-0.39, 0.29) is 45.3 Å². The minimum atomic E-state index is -0.730. The number of hydrogen-bond donors (Lipinski definition) is 0. The zero-order valence-corrected chi connectivity index (χ0v) is 27.8. The van der Waals surface area contributed by atoms with Crippen molar-refractivity contribution in [3.05, 3.63) is 115 Å². The van der Waals surface area contributed by atoms with Gasteiger partial charge in [0.1, 0.15) is 23.0 Å². The summed E-state index contributed by atoms with van der Waals surface area (Å²) in [7, 11) is 0. The third-order valence-electron chi connectivity index (χ3n) is 7.64. The van der Waals surface area contributed by atoms with E-state index >= 15 is 0 Å². The van der Waals surface area contributed by atoms with Crippen LogP contribution in [0.2, 0.25) is 0 Å². The van der Waals surface area contributed by atoms with Crippen LogP contribution in [-0.4, -0.2) is 35.0 Å². The number of carbonyl (C=O) groups is 2. The Hall–Kier alpha value is -5.43. The Balaban J connectivity index is 1.42. The number of nitro groups is 2. The van der Waals surface area contributed by atoms with Crippen molar-refractivity contribution in [1.82, 2.24) is 0 Å². The lowest BCUT2D eigenvalue weighted by Crippen LogP contribution is -2.10. The van der Waals surface area contributed by atoms with Gasteiger partial charge in [-0.2, -0.15) is 11.8 Å². The predicted octanol–water partition coefficient (Wildman–Crippen LogP) is 8.71. The molecule has 254 valence electrons. The summed E-state index contributed by atoms with van der Waals surface area (Å²) in [5.41, 5.74) is 0.367. The van der Waals surface area contributed by atoms with Crippen LogP contribution < -0.4 is 18.9 Å². The number of ether oxygens (including phenoxy) is 4. The highest BCUT2D eigenvalue weighted by atomic mass is 32.2. The maximum atomic E-state index is 13.0. The quantitative estimate of drug-likeness (QED) is 0.0411. The van der Waals surface area contributed by atoms with Gasteiger partial charge in [0.15, 0.2) is 0 Å². The second-order valence-corrected chi connectivity index (χ2v) is 12.2. The fourth-order valence-electron chi connectivity index (χ4n) is 5.17. The Morgan fingerprint density at radius 3 is 1.37 bits per heavy atom. The zero-order valence-electron chi connectivity index (χ0n) is 27.0. The van der Waals surface area contributed by atoms with Gasteiger partial charge in [0.25, 0.3) is 11.4 Å². The Labute approximate surface area is 286 Å². The van der Waals surface area contributed by atoms with Gasteiger partial charge in [-0.05, 0) is 84.6 Å². The fraction of sp³-hybridized carbons (Fsp3) is 0.278. The van der Waals surface area contributed by atoms with Gasteiger partial charge in [-0.3, -0.25) is 20.2 Å². The largest absolute Gasteiger partial charge is 0.494 e. The molecule has 0 N–H and O–H groups in total. The van der Waals surface area contributed by atoms with Gasteiger partial charge in [-0.1, -0.05) is 26.7 Å². The molecular formula is C36H34N2O10S. The Bertz CT molecular complexity index is 1720. The molecule has 0 amide bonds. The average molecular weight is 687 g/mol. The van der Waals surface area contributed by atoms with Crippen molar-refractivity contribution in [3.8, 4) is 34.1 Å². The molecule has 0 spiro atoms. The van der Waals surface area contributed by atoms with Gasteiger partial charge in [-0.15, -0.1) is 0 Å². The van der Waals surface area contributed by atoms with Gasteiger partial charge >= 0.3 is 11.9 Å². The second kappa shape index (κ2) is 16.1. The van der Waals surface area contributed by atoms with E-state index in [2.05, 4.69) is 13.8 Å². The van der Waals surface area contributed by atoms with Crippen molar-refractivity contribution < 1.29 is 38.4 Å². The second-order valence-electron chi connectivity index (χ2n) is 11.2. The Kier molecular flexibility index (Phi) is 11.5. The molecular weight excluding hydrogens is 652 g/mol. The summed E-state index contributed by atoms with van der Waals surface area (Å²) in [5, 5.41) is 24.8. The molecule has 0 atom stereocenters. The van der Waals surface area contributed by atoms with Crippen molar-refractivity contribution in [2.75, 3.05) is 13.2 Å². The lowest BCUT2D eigenvalue weighted by molar-refractivity contribution is -0.386.